The molecule has 2 fully saturated rings. The molecule has 1 N–H and O–H groups in total. The maximum Gasteiger partial charge on any atom is 0.236 e. The number of aryl methyl sites for hydroxylation is 2. The topological polar surface area (TPSA) is 52.7 Å². The summed E-state index contributed by atoms with van der Waals surface area (Å²) in [5, 5.41) is 3.11. The van der Waals surface area contributed by atoms with Gasteiger partial charge in [-0.05, 0) is 36.8 Å². The Morgan fingerprint density at radius 2 is 1.92 bits per heavy atom. The fraction of sp³-hybridized carbons (Fsp3) is 0.600. The summed E-state index contributed by atoms with van der Waals surface area (Å²) in [7, 11) is 0. The van der Waals surface area contributed by atoms with Gasteiger partial charge in [-0.3, -0.25) is 9.59 Å². The van der Waals surface area contributed by atoms with Crippen LogP contribution >= 0.6 is 12.4 Å². The number of amides is 2. The number of hydrogen-bond donors (Lipinski definition) is 1. The molecule has 26 heavy (non-hydrogen) atoms. The maximum absolute atomic E-state index is 12.6. The van der Waals surface area contributed by atoms with Crippen LogP contribution in [0, 0.1) is 0 Å². The smallest absolute Gasteiger partial charge is 0.236 e. The molecule has 144 valence electrons. The fourth-order valence-electron chi connectivity index (χ4n) is 3.79. The van der Waals surface area contributed by atoms with Crippen molar-refractivity contribution in [2.75, 3.05) is 32.7 Å². The second kappa shape index (κ2) is 9.93. The minimum atomic E-state index is 0. The molecule has 1 aromatic carbocycles. The van der Waals surface area contributed by atoms with Crippen molar-refractivity contribution in [3.05, 3.63) is 35.4 Å². The number of rotatable bonds is 5. The van der Waals surface area contributed by atoms with Crippen LogP contribution < -0.4 is 5.32 Å². The van der Waals surface area contributed by atoms with Gasteiger partial charge >= 0.3 is 0 Å². The molecule has 2 amide bonds. The molecular formula is C20H30ClN3O2. The lowest BCUT2D eigenvalue weighted by Gasteiger charge is -2.41. The molecule has 2 aliphatic heterocycles. The zero-order valence-electron chi connectivity index (χ0n) is 15.6. The summed E-state index contributed by atoms with van der Waals surface area (Å²) in [5.41, 5.74) is 2.55. The Bertz CT molecular complexity index is 606. The second-order valence-corrected chi connectivity index (χ2v) is 7.07. The van der Waals surface area contributed by atoms with Crippen LogP contribution in [-0.2, 0) is 22.4 Å². The highest BCUT2D eigenvalue weighted by Crippen LogP contribution is 2.18. The first-order chi connectivity index (χ1) is 12.2. The van der Waals surface area contributed by atoms with Gasteiger partial charge < -0.3 is 15.1 Å². The third kappa shape index (κ3) is 5.21. The van der Waals surface area contributed by atoms with E-state index in [4.69, 9.17) is 0 Å². The molecule has 0 saturated carbocycles. The van der Waals surface area contributed by atoms with Crippen LogP contribution in [0.4, 0.5) is 0 Å². The van der Waals surface area contributed by atoms with Crippen LogP contribution in [0.3, 0.4) is 0 Å². The number of nitrogens with one attached hydrogen (secondary N) is 1. The lowest BCUT2D eigenvalue weighted by molar-refractivity contribution is -0.140. The Labute approximate surface area is 162 Å². The number of nitrogens with zero attached hydrogens (tertiary/aromatic N) is 2. The number of piperazine rings is 1. The van der Waals surface area contributed by atoms with Crippen molar-refractivity contribution in [1.82, 2.24) is 15.1 Å². The molecule has 1 aromatic rings. The number of benzene rings is 1. The number of carbonyl (C=O) groups excluding carboxylic acids is 2. The van der Waals surface area contributed by atoms with Gasteiger partial charge in [0.1, 0.15) is 0 Å². The van der Waals surface area contributed by atoms with E-state index in [9.17, 15) is 9.59 Å². The van der Waals surface area contributed by atoms with E-state index in [-0.39, 0.29) is 30.3 Å². The first kappa shape index (κ1) is 20.7. The fourth-order valence-corrected chi connectivity index (χ4v) is 3.79. The van der Waals surface area contributed by atoms with Gasteiger partial charge in [0.15, 0.2) is 0 Å². The molecule has 6 heteroatoms. The van der Waals surface area contributed by atoms with Crippen molar-refractivity contribution in [2.45, 2.75) is 45.1 Å². The number of likely N-dealkylation sites (tertiary alicyclic amines) is 1. The first-order valence-corrected chi connectivity index (χ1v) is 9.53. The van der Waals surface area contributed by atoms with Gasteiger partial charge in [0.25, 0.3) is 0 Å². The molecule has 5 nitrogen and oxygen atoms in total. The van der Waals surface area contributed by atoms with Crippen LogP contribution in [0.25, 0.3) is 0 Å². The summed E-state index contributed by atoms with van der Waals surface area (Å²) >= 11 is 0. The van der Waals surface area contributed by atoms with Crippen molar-refractivity contribution in [3.8, 4) is 0 Å². The number of hydrogen-bond acceptors (Lipinski definition) is 3. The van der Waals surface area contributed by atoms with Crippen molar-refractivity contribution in [2.24, 2.45) is 0 Å². The van der Waals surface area contributed by atoms with Gasteiger partial charge in [-0.1, -0.05) is 31.2 Å². The average molecular weight is 380 g/mol. The molecule has 0 spiro atoms. The summed E-state index contributed by atoms with van der Waals surface area (Å²) in [6.45, 7) is 5.70. The standard InChI is InChI=1S/C20H29N3O2.ClH/c1-2-16-5-7-17(8-6-16)9-10-19(24)22-12-3-4-18(15-22)23-13-11-21-14-20(23)25;/h5-8,18,21H,2-4,9-15H2,1H3;1H. The molecule has 2 heterocycles. The Balaban J connectivity index is 0.00000243. The maximum atomic E-state index is 12.6. The largest absolute Gasteiger partial charge is 0.341 e. The molecular weight excluding hydrogens is 350 g/mol. The Kier molecular flexibility index (Phi) is 7.91. The van der Waals surface area contributed by atoms with Crippen molar-refractivity contribution >= 4 is 24.2 Å². The molecule has 0 aromatic heterocycles. The highest BCUT2D eigenvalue weighted by Gasteiger charge is 2.31. The van der Waals surface area contributed by atoms with E-state index < -0.39 is 0 Å². The molecule has 2 saturated heterocycles. The molecule has 2 aliphatic rings. The Morgan fingerprint density at radius 3 is 2.62 bits per heavy atom. The molecule has 0 bridgehead atoms. The molecule has 1 atom stereocenters. The van der Waals surface area contributed by atoms with E-state index in [0.717, 1.165) is 45.3 Å². The molecule has 0 radical (unpaired) electrons. The van der Waals surface area contributed by atoms with Gasteiger partial charge in [0.05, 0.1) is 6.54 Å². The minimum Gasteiger partial charge on any atom is -0.341 e. The van der Waals surface area contributed by atoms with E-state index in [1.54, 1.807) is 0 Å². The zero-order chi connectivity index (χ0) is 17.6. The molecule has 1 unspecified atom stereocenters. The summed E-state index contributed by atoms with van der Waals surface area (Å²) in [6.07, 6.45) is 4.37. The number of carbonyl (C=O) groups is 2. The third-order valence-electron chi connectivity index (χ3n) is 5.37. The quantitative estimate of drug-likeness (QED) is 0.851. The summed E-state index contributed by atoms with van der Waals surface area (Å²) in [6, 6.07) is 8.74. The summed E-state index contributed by atoms with van der Waals surface area (Å²) in [5.74, 6) is 0.383. The summed E-state index contributed by atoms with van der Waals surface area (Å²) < 4.78 is 0. The van der Waals surface area contributed by atoms with E-state index in [1.807, 2.05) is 9.80 Å². The number of halogens is 1. The van der Waals surface area contributed by atoms with Gasteiger partial charge in [-0.25, -0.2) is 0 Å². The first-order valence-electron chi connectivity index (χ1n) is 9.53. The lowest BCUT2D eigenvalue weighted by atomic mass is 10.0. The zero-order valence-corrected chi connectivity index (χ0v) is 16.4. The van der Waals surface area contributed by atoms with Gasteiger partial charge in [-0.15, -0.1) is 12.4 Å². The van der Waals surface area contributed by atoms with Crippen LogP contribution in [-0.4, -0.2) is 60.4 Å². The Hall–Kier alpha value is -1.59. The van der Waals surface area contributed by atoms with E-state index >= 15 is 0 Å². The predicted molar refractivity (Wildman–Crippen MR) is 106 cm³/mol. The van der Waals surface area contributed by atoms with E-state index in [1.165, 1.54) is 11.1 Å². The normalized spacial score (nSPS) is 20.7. The predicted octanol–water partition coefficient (Wildman–Crippen LogP) is 2.03. The lowest BCUT2D eigenvalue weighted by Crippen LogP contribution is -2.57. The van der Waals surface area contributed by atoms with Gasteiger partial charge in [-0.2, -0.15) is 0 Å². The minimum absolute atomic E-state index is 0. The average Bonchev–Trinajstić information content (AvgIpc) is 2.67. The van der Waals surface area contributed by atoms with Crippen molar-refractivity contribution in [3.63, 3.8) is 0 Å². The summed E-state index contributed by atoms with van der Waals surface area (Å²) in [4.78, 5) is 28.6. The van der Waals surface area contributed by atoms with Crippen molar-refractivity contribution in [1.29, 1.82) is 0 Å². The highest BCUT2D eigenvalue weighted by atomic mass is 35.5. The highest BCUT2D eigenvalue weighted by molar-refractivity contribution is 5.85. The number of piperidine rings is 1. The van der Waals surface area contributed by atoms with Crippen LogP contribution in [0.2, 0.25) is 0 Å². The van der Waals surface area contributed by atoms with Gasteiger partial charge in [0, 0.05) is 38.6 Å². The van der Waals surface area contributed by atoms with Crippen LogP contribution in [0.1, 0.15) is 37.3 Å². The van der Waals surface area contributed by atoms with E-state index in [0.29, 0.717) is 19.5 Å². The van der Waals surface area contributed by atoms with Crippen LogP contribution in [0.15, 0.2) is 24.3 Å². The van der Waals surface area contributed by atoms with E-state index in [2.05, 4.69) is 36.5 Å². The third-order valence-corrected chi connectivity index (χ3v) is 5.37. The van der Waals surface area contributed by atoms with Crippen molar-refractivity contribution < 1.29 is 9.59 Å². The van der Waals surface area contributed by atoms with Crippen LogP contribution in [0.5, 0.6) is 0 Å². The second-order valence-electron chi connectivity index (χ2n) is 7.07. The Morgan fingerprint density at radius 1 is 1.19 bits per heavy atom. The molecule has 3 rings (SSSR count). The molecule has 0 aliphatic carbocycles. The SMILES string of the molecule is CCc1ccc(CCC(=O)N2CCCC(N3CCNCC3=O)C2)cc1.Cl. The monoisotopic (exact) mass is 379 g/mol. The van der Waals surface area contributed by atoms with Gasteiger partial charge in [0.2, 0.25) is 11.8 Å².